The van der Waals surface area contributed by atoms with Gasteiger partial charge in [-0.15, -0.1) is 37.2 Å². The summed E-state index contributed by atoms with van der Waals surface area (Å²) in [5, 5.41) is 12.2. The predicted molar refractivity (Wildman–Crippen MR) is 118 cm³/mol. The lowest BCUT2D eigenvalue weighted by atomic mass is 10.0. The van der Waals surface area contributed by atoms with Gasteiger partial charge < -0.3 is 10.4 Å². The second-order valence-electron chi connectivity index (χ2n) is 6.98. The zero-order valence-electron chi connectivity index (χ0n) is 15.8. The van der Waals surface area contributed by atoms with E-state index in [1.54, 1.807) is 24.3 Å². The van der Waals surface area contributed by atoms with Crippen molar-refractivity contribution in [2.24, 2.45) is 0 Å². The largest absolute Gasteiger partial charge is 0.481 e. The summed E-state index contributed by atoms with van der Waals surface area (Å²) >= 11 is 0. The standard InChI is InChI=1S/C19H27N3O3.3ClH/c23-18(16-3-1-15(2-4-16)13-19(24)25)14-21-9-11-22(12-10-21)17-5-7-20-8-6-17;;;/h1-4,17,20H,5-14H2,(H,24,25);3*1H. The van der Waals surface area contributed by atoms with Gasteiger partial charge in [-0.05, 0) is 31.5 Å². The molecule has 160 valence electrons. The zero-order chi connectivity index (χ0) is 17.6. The third-order valence-electron chi connectivity index (χ3n) is 5.23. The van der Waals surface area contributed by atoms with Crippen LogP contribution in [0.1, 0.15) is 28.8 Å². The normalized spacial score (nSPS) is 18.3. The van der Waals surface area contributed by atoms with Crippen LogP contribution in [0.2, 0.25) is 0 Å². The van der Waals surface area contributed by atoms with E-state index in [0.717, 1.165) is 44.8 Å². The Kier molecular flexibility index (Phi) is 12.9. The maximum atomic E-state index is 12.4. The number of Topliss-reactive ketones (excluding diaryl/α,β-unsaturated/α-hetero) is 1. The molecule has 0 bridgehead atoms. The molecule has 0 aliphatic carbocycles. The monoisotopic (exact) mass is 453 g/mol. The van der Waals surface area contributed by atoms with Crippen LogP contribution in [0.3, 0.4) is 0 Å². The molecule has 2 aliphatic heterocycles. The predicted octanol–water partition coefficient (Wildman–Crippen LogP) is 2.13. The Morgan fingerprint density at radius 2 is 1.54 bits per heavy atom. The van der Waals surface area contributed by atoms with E-state index in [4.69, 9.17) is 5.11 Å². The summed E-state index contributed by atoms with van der Waals surface area (Å²) in [4.78, 5) is 28.0. The highest BCUT2D eigenvalue weighted by Gasteiger charge is 2.25. The molecule has 0 atom stereocenters. The van der Waals surface area contributed by atoms with Crippen molar-refractivity contribution in [3.63, 3.8) is 0 Å². The minimum atomic E-state index is -0.856. The van der Waals surface area contributed by atoms with E-state index in [1.807, 2.05) is 0 Å². The number of nitrogens with zero attached hydrogens (tertiary/aromatic N) is 2. The van der Waals surface area contributed by atoms with Gasteiger partial charge in [-0.25, -0.2) is 0 Å². The maximum Gasteiger partial charge on any atom is 0.307 e. The second kappa shape index (κ2) is 13.4. The van der Waals surface area contributed by atoms with Gasteiger partial charge in [0, 0.05) is 37.8 Å². The molecule has 6 nitrogen and oxygen atoms in total. The molecule has 2 fully saturated rings. The number of carbonyl (C=O) groups excluding carboxylic acids is 1. The summed E-state index contributed by atoms with van der Waals surface area (Å²) in [7, 11) is 0. The minimum absolute atomic E-state index is 0. The third-order valence-corrected chi connectivity index (χ3v) is 5.23. The lowest BCUT2D eigenvalue weighted by Gasteiger charge is -2.40. The number of carboxylic acids is 1. The molecule has 1 aromatic rings. The Labute approximate surface area is 185 Å². The number of aliphatic carboxylic acids is 1. The van der Waals surface area contributed by atoms with Gasteiger partial charge >= 0.3 is 5.97 Å². The van der Waals surface area contributed by atoms with Crippen molar-refractivity contribution in [1.82, 2.24) is 15.1 Å². The fraction of sp³-hybridized carbons (Fsp3) is 0.579. The number of ketones is 1. The quantitative estimate of drug-likeness (QED) is 0.642. The second-order valence-corrected chi connectivity index (χ2v) is 6.98. The zero-order valence-corrected chi connectivity index (χ0v) is 18.3. The van der Waals surface area contributed by atoms with Gasteiger partial charge in [-0.2, -0.15) is 0 Å². The van der Waals surface area contributed by atoms with Crippen LogP contribution in [0.5, 0.6) is 0 Å². The van der Waals surface area contributed by atoms with Crippen molar-refractivity contribution in [3.8, 4) is 0 Å². The van der Waals surface area contributed by atoms with E-state index in [2.05, 4.69) is 15.1 Å². The number of benzene rings is 1. The number of carbonyl (C=O) groups is 2. The third kappa shape index (κ3) is 7.85. The fourth-order valence-electron chi connectivity index (χ4n) is 3.74. The molecule has 3 rings (SSSR count). The van der Waals surface area contributed by atoms with E-state index in [-0.39, 0.29) is 49.4 Å². The minimum Gasteiger partial charge on any atom is -0.481 e. The first kappa shape index (κ1) is 27.1. The Bertz CT molecular complexity index is 602. The van der Waals surface area contributed by atoms with Crippen LogP contribution in [0, 0.1) is 0 Å². The lowest BCUT2D eigenvalue weighted by molar-refractivity contribution is -0.136. The molecule has 2 saturated heterocycles. The highest BCUT2D eigenvalue weighted by molar-refractivity contribution is 5.97. The van der Waals surface area contributed by atoms with Crippen LogP contribution in [-0.2, 0) is 11.2 Å². The highest BCUT2D eigenvalue weighted by atomic mass is 35.5. The maximum absolute atomic E-state index is 12.4. The number of halogens is 3. The molecule has 28 heavy (non-hydrogen) atoms. The summed E-state index contributed by atoms with van der Waals surface area (Å²) in [6.45, 7) is 6.62. The molecule has 0 unspecified atom stereocenters. The summed E-state index contributed by atoms with van der Waals surface area (Å²) in [5.74, 6) is -0.747. The van der Waals surface area contributed by atoms with Crippen molar-refractivity contribution in [1.29, 1.82) is 0 Å². The van der Waals surface area contributed by atoms with Gasteiger partial charge in [0.25, 0.3) is 0 Å². The number of carboxylic acid groups (broad SMARTS) is 1. The summed E-state index contributed by atoms with van der Waals surface area (Å²) in [6, 6.07) is 7.64. The van der Waals surface area contributed by atoms with Crippen LogP contribution in [0.25, 0.3) is 0 Å². The van der Waals surface area contributed by atoms with Crippen molar-refractivity contribution < 1.29 is 14.7 Å². The van der Waals surface area contributed by atoms with Gasteiger partial charge in [0.1, 0.15) is 0 Å². The molecule has 2 heterocycles. The number of piperidine rings is 1. The first-order chi connectivity index (χ1) is 12.1. The molecular weight excluding hydrogens is 425 g/mol. The SMILES string of the molecule is Cl.Cl.Cl.O=C(O)Cc1ccc(C(=O)CN2CCN(C3CCNCC3)CC2)cc1. The number of nitrogens with one attached hydrogen (secondary N) is 1. The average molecular weight is 455 g/mol. The van der Waals surface area contributed by atoms with Crippen molar-refractivity contribution in [2.75, 3.05) is 45.8 Å². The summed E-state index contributed by atoms with van der Waals surface area (Å²) in [5.41, 5.74) is 1.38. The molecule has 2 N–H and O–H groups in total. The van der Waals surface area contributed by atoms with Crippen LogP contribution in [0.15, 0.2) is 24.3 Å². The van der Waals surface area contributed by atoms with E-state index in [9.17, 15) is 9.59 Å². The Morgan fingerprint density at radius 3 is 2.07 bits per heavy atom. The topological polar surface area (TPSA) is 72.9 Å². The van der Waals surface area contributed by atoms with Crippen LogP contribution in [-0.4, -0.2) is 78.5 Å². The molecular formula is C19H30Cl3N3O3. The summed E-state index contributed by atoms with van der Waals surface area (Å²) in [6.07, 6.45) is 2.44. The van der Waals surface area contributed by atoms with E-state index >= 15 is 0 Å². The average Bonchev–Trinajstić information content (AvgIpc) is 2.63. The molecule has 0 aromatic heterocycles. The number of hydrogen-bond acceptors (Lipinski definition) is 5. The molecule has 0 spiro atoms. The van der Waals surface area contributed by atoms with Crippen molar-refractivity contribution >= 4 is 49.0 Å². The van der Waals surface area contributed by atoms with Gasteiger partial charge in [-0.1, -0.05) is 24.3 Å². The summed E-state index contributed by atoms with van der Waals surface area (Å²) < 4.78 is 0. The van der Waals surface area contributed by atoms with E-state index < -0.39 is 5.97 Å². The Morgan fingerprint density at radius 1 is 0.964 bits per heavy atom. The number of piperazine rings is 1. The Hall–Kier alpha value is -0.890. The van der Waals surface area contributed by atoms with E-state index in [0.29, 0.717) is 18.2 Å². The number of hydrogen-bond donors (Lipinski definition) is 2. The van der Waals surface area contributed by atoms with Gasteiger partial charge in [-0.3, -0.25) is 19.4 Å². The molecule has 0 amide bonds. The van der Waals surface area contributed by atoms with E-state index in [1.165, 1.54) is 12.8 Å². The van der Waals surface area contributed by atoms with Crippen LogP contribution < -0.4 is 5.32 Å². The van der Waals surface area contributed by atoms with Crippen LogP contribution in [0.4, 0.5) is 0 Å². The van der Waals surface area contributed by atoms with Gasteiger partial charge in [0.15, 0.2) is 5.78 Å². The molecule has 1 aromatic carbocycles. The van der Waals surface area contributed by atoms with Crippen molar-refractivity contribution in [3.05, 3.63) is 35.4 Å². The Balaban J connectivity index is 0.00000243. The fourth-order valence-corrected chi connectivity index (χ4v) is 3.74. The van der Waals surface area contributed by atoms with Gasteiger partial charge in [0.05, 0.1) is 13.0 Å². The van der Waals surface area contributed by atoms with Gasteiger partial charge in [0.2, 0.25) is 0 Å². The number of rotatable bonds is 6. The first-order valence-electron chi connectivity index (χ1n) is 9.13. The first-order valence-corrected chi connectivity index (χ1v) is 9.13. The molecule has 2 aliphatic rings. The van der Waals surface area contributed by atoms with Crippen molar-refractivity contribution in [2.45, 2.75) is 25.3 Å². The molecule has 0 radical (unpaired) electrons. The molecule has 0 saturated carbocycles. The van der Waals surface area contributed by atoms with Crippen LogP contribution >= 0.6 is 37.2 Å². The lowest BCUT2D eigenvalue weighted by Crippen LogP contribution is -2.53. The molecule has 9 heteroatoms. The smallest absolute Gasteiger partial charge is 0.307 e. The highest BCUT2D eigenvalue weighted by Crippen LogP contribution is 2.15.